The molecular formula is C30H36N4O3. The van der Waals surface area contributed by atoms with Gasteiger partial charge in [-0.25, -0.2) is 0 Å². The number of nitrogens with two attached hydrogens (primary N) is 1. The van der Waals surface area contributed by atoms with Gasteiger partial charge >= 0.3 is 0 Å². The maximum atomic E-state index is 13.3. The van der Waals surface area contributed by atoms with E-state index in [2.05, 4.69) is 48.5 Å². The Morgan fingerprint density at radius 2 is 1.84 bits per heavy atom. The third-order valence-corrected chi connectivity index (χ3v) is 6.31. The summed E-state index contributed by atoms with van der Waals surface area (Å²) >= 11 is 0. The first-order valence-corrected chi connectivity index (χ1v) is 12.9. The second kappa shape index (κ2) is 12.0. The Hall–Kier alpha value is -3.68. The number of hydrogen-bond donors (Lipinski definition) is 3. The molecule has 1 aliphatic carbocycles. The van der Waals surface area contributed by atoms with Crippen LogP contribution in [0.5, 0.6) is 0 Å². The fourth-order valence-electron chi connectivity index (χ4n) is 4.62. The molecule has 0 aromatic heterocycles. The standard InChI is InChI=1S/C30H36N4O3/c1-5-32-25-17-27-23(15-19(25)3)29(24-16-20(4)26(33-6-2)18-28(24)37-27)21-9-7-8-10-22(21)30(35)34-12-14-36-13-11-31/h7-10,15-18,32H,5-6,11-14,31H2,1-4H3,(H,34,35). The van der Waals surface area contributed by atoms with Gasteiger partial charge in [0.2, 0.25) is 0 Å². The van der Waals surface area contributed by atoms with Crippen LogP contribution in [0.2, 0.25) is 0 Å². The van der Waals surface area contributed by atoms with E-state index >= 15 is 0 Å². The van der Waals surface area contributed by atoms with Crippen LogP contribution in [0.1, 0.15) is 35.3 Å². The molecule has 7 nitrogen and oxygen atoms in total. The maximum absolute atomic E-state index is 13.3. The summed E-state index contributed by atoms with van der Waals surface area (Å²) in [5.74, 6) is 0.585. The van der Waals surface area contributed by atoms with E-state index in [1.54, 1.807) is 0 Å². The number of nitrogens with one attached hydrogen (secondary N) is 2. The maximum Gasteiger partial charge on any atom is 0.251 e. The largest absolute Gasteiger partial charge is 0.456 e. The highest BCUT2D eigenvalue weighted by Gasteiger charge is 2.22. The van der Waals surface area contributed by atoms with E-state index in [0.717, 1.165) is 62.1 Å². The SMILES string of the molecule is CCN=c1cc2oc3cc(NCC)c(C)cc3c(-c3ccccc3C(=O)NCCOCCN)c-2cc1C. The molecule has 1 amide bonds. The predicted octanol–water partition coefficient (Wildman–Crippen LogP) is 4.88. The number of ether oxygens (including phenoxy) is 1. The molecule has 0 radical (unpaired) electrons. The van der Waals surface area contributed by atoms with Gasteiger partial charge in [-0.1, -0.05) is 18.2 Å². The van der Waals surface area contributed by atoms with Gasteiger partial charge in [0.15, 0.2) is 0 Å². The Morgan fingerprint density at radius 1 is 1.03 bits per heavy atom. The third kappa shape index (κ3) is 5.68. The Kier molecular flexibility index (Phi) is 8.58. The van der Waals surface area contributed by atoms with Crippen molar-refractivity contribution in [2.45, 2.75) is 27.7 Å². The lowest BCUT2D eigenvalue weighted by molar-refractivity contribution is 0.0920. The number of aryl methyl sites for hydroxylation is 2. The number of hydrogen-bond acceptors (Lipinski definition) is 6. The predicted molar refractivity (Wildman–Crippen MR) is 150 cm³/mol. The van der Waals surface area contributed by atoms with Gasteiger partial charge in [-0.3, -0.25) is 9.79 Å². The molecule has 0 saturated heterocycles. The zero-order valence-electron chi connectivity index (χ0n) is 22.1. The summed E-state index contributed by atoms with van der Waals surface area (Å²) in [5.41, 5.74) is 12.8. The number of benzene rings is 3. The molecule has 4 N–H and O–H groups in total. The zero-order valence-corrected chi connectivity index (χ0v) is 22.1. The first-order valence-electron chi connectivity index (χ1n) is 12.9. The van der Waals surface area contributed by atoms with Crippen LogP contribution in [0.3, 0.4) is 0 Å². The molecule has 0 bridgehead atoms. The van der Waals surface area contributed by atoms with Crippen molar-refractivity contribution >= 4 is 22.6 Å². The van der Waals surface area contributed by atoms with Crippen LogP contribution >= 0.6 is 0 Å². The minimum atomic E-state index is -0.149. The van der Waals surface area contributed by atoms with Crippen molar-refractivity contribution in [3.8, 4) is 22.5 Å². The summed E-state index contributed by atoms with van der Waals surface area (Å²) in [6.45, 7) is 11.5. The number of carbonyl (C=O) groups is 1. The number of amides is 1. The summed E-state index contributed by atoms with van der Waals surface area (Å²) in [4.78, 5) is 18.0. The monoisotopic (exact) mass is 500 g/mol. The second-order valence-corrected chi connectivity index (χ2v) is 8.98. The third-order valence-electron chi connectivity index (χ3n) is 6.31. The summed E-state index contributed by atoms with van der Waals surface area (Å²) in [6.07, 6.45) is 0. The molecule has 37 heavy (non-hydrogen) atoms. The Bertz CT molecular complexity index is 1440. The Balaban J connectivity index is 1.94. The van der Waals surface area contributed by atoms with Crippen LogP contribution in [0.25, 0.3) is 33.4 Å². The molecule has 7 heteroatoms. The van der Waals surface area contributed by atoms with Crippen molar-refractivity contribution in [3.05, 3.63) is 70.6 Å². The minimum absolute atomic E-state index is 0.149. The highest BCUT2D eigenvalue weighted by atomic mass is 16.5. The Labute approximate surface area is 218 Å². The molecule has 2 aliphatic rings. The molecule has 194 valence electrons. The minimum Gasteiger partial charge on any atom is -0.456 e. The summed E-state index contributed by atoms with van der Waals surface area (Å²) in [7, 11) is 0. The average Bonchev–Trinajstić information content (AvgIpc) is 2.89. The zero-order chi connectivity index (χ0) is 26.4. The summed E-state index contributed by atoms with van der Waals surface area (Å²) in [6, 6.07) is 16.0. The van der Waals surface area contributed by atoms with Crippen molar-refractivity contribution in [1.29, 1.82) is 0 Å². The van der Waals surface area contributed by atoms with E-state index in [1.165, 1.54) is 0 Å². The normalized spacial score (nSPS) is 11.9. The van der Waals surface area contributed by atoms with Crippen molar-refractivity contribution in [2.24, 2.45) is 10.7 Å². The van der Waals surface area contributed by atoms with Crippen LogP contribution in [0.4, 0.5) is 5.69 Å². The topological polar surface area (TPSA) is 102 Å². The fourth-order valence-corrected chi connectivity index (χ4v) is 4.62. The molecule has 0 spiro atoms. The van der Waals surface area contributed by atoms with Gasteiger partial charge in [0.1, 0.15) is 11.3 Å². The number of rotatable bonds is 10. The summed E-state index contributed by atoms with van der Waals surface area (Å²) < 4.78 is 11.9. The van der Waals surface area contributed by atoms with E-state index in [4.69, 9.17) is 14.9 Å². The van der Waals surface area contributed by atoms with Gasteiger partial charge in [0.05, 0.1) is 18.6 Å². The van der Waals surface area contributed by atoms with E-state index in [-0.39, 0.29) is 5.91 Å². The van der Waals surface area contributed by atoms with Crippen molar-refractivity contribution in [2.75, 3.05) is 44.7 Å². The highest BCUT2D eigenvalue weighted by molar-refractivity contribution is 6.09. The van der Waals surface area contributed by atoms with Crippen LogP contribution in [-0.2, 0) is 4.74 Å². The fraction of sp³-hybridized carbons (Fsp3) is 0.333. The molecule has 4 rings (SSSR count). The van der Waals surface area contributed by atoms with Crippen LogP contribution in [0.15, 0.2) is 57.9 Å². The van der Waals surface area contributed by atoms with Gasteiger partial charge in [-0.05, 0) is 62.6 Å². The first-order chi connectivity index (χ1) is 18.0. The van der Waals surface area contributed by atoms with Crippen molar-refractivity contribution in [1.82, 2.24) is 5.32 Å². The second-order valence-electron chi connectivity index (χ2n) is 8.98. The van der Waals surface area contributed by atoms with Crippen LogP contribution < -0.4 is 21.7 Å². The molecule has 2 aromatic carbocycles. The molecule has 0 saturated carbocycles. The molecule has 1 heterocycles. The lowest BCUT2D eigenvalue weighted by Gasteiger charge is -2.20. The first kappa shape index (κ1) is 26.4. The molecule has 0 atom stereocenters. The van der Waals surface area contributed by atoms with Gasteiger partial charge in [-0.2, -0.15) is 0 Å². The smallest absolute Gasteiger partial charge is 0.251 e. The molecule has 0 unspecified atom stereocenters. The van der Waals surface area contributed by atoms with Crippen LogP contribution in [0, 0.1) is 13.8 Å². The van der Waals surface area contributed by atoms with E-state index < -0.39 is 0 Å². The molecule has 0 fully saturated rings. The lowest BCUT2D eigenvalue weighted by atomic mass is 9.89. The van der Waals surface area contributed by atoms with E-state index in [9.17, 15) is 4.79 Å². The van der Waals surface area contributed by atoms with E-state index in [1.807, 2.05) is 43.3 Å². The lowest BCUT2D eigenvalue weighted by Crippen LogP contribution is -2.28. The number of nitrogens with zero attached hydrogens (tertiary/aromatic N) is 1. The average molecular weight is 501 g/mol. The van der Waals surface area contributed by atoms with Gasteiger partial charge in [0, 0.05) is 66.1 Å². The number of anilines is 1. The highest BCUT2D eigenvalue weighted by Crippen LogP contribution is 2.42. The van der Waals surface area contributed by atoms with Gasteiger partial charge < -0.3 is 25.5 Å². The molecule has 2 aromatic rings. The van der Waals surface area contributed by atoms with Gasteiger partial charge in [0.25, 0.3) is 5.91 Å². The molecule has 1 aliphatic heterocycles. The van der Waals surface area contributed by atoms with Crippen LogP contribution in [-0.4, -0.2) is 45.3 Å². The van der Waals surface area contributed by atoms with Crippen molar-refractivity contribution < 1.29 is 13.9 Å². The molecular weight excluding hydrogens is 464 g/mol. The van der Waals surface area contributed by atoms with E-state index in [0.29, 0.717) is 38.4 Å². The Morgan fingerprint density at radius 3 is 2.59 bits per heavy atom. The quantitative estimate of drug-likeness (QED) is 0.213. The summed E-state index contributed by atoms with van der Waals surface area (Å²) in [5, 5.41) is 8.27. The van der Waals surface area contributed by atoms with Crippen molar-refractivity contribution in [3.63, 3.8) is 0 Å². The number of fused-ring (bicyclic) bond motifs is 2. The van der Waals surface area contributed by atoms with Gasteiger partial charge in [-0.15, -0.1) is 0 Å². The number of carbonyl (C=O) groups excluding carboxylic acids is 1.